The highest BCUT2D eigenvalue weighted by Gasteiger charge is 2.08. The van der Waals surface area contributed by atoms with Gasteiger partial charge in [0.15, 0.2) is 11.5 Å². The smallest absolute Gasteiger partial charge is 0.184 e. The molecule has 6 heteroatoms. The summed E-state index contributed by atoms with van der Waals surface area (Å²) in [6, 6.07) is 1.64. The number of anilines is 1. The Morgan fingerprint density at radius 2 is 2.36 bits per heavy atom. The third-order valence-corrected chi connectivity index (χ3v) is 2.05. The molecule has 0 aliphatic heterocycles. The fourth-order valence-electron chi connectivity index (χ4n) is 1.26. The molecule has 74 valence electrons. The van der Waals surface area contributed by atoms with Crippen molar-refractivity contribution in [2.24, 2.45) is 0 Å². The lowest BCUT2D eigenvalue weighted by atomic mass is 10.4. The van der Waals surface area contributed by atoms with E-state index in [1.807, 2.05) is 0 Å². The van der Waals surface area contributed by atoms with Crippen LogP contribution >= 0.6 is 11.6 Å². The van der Waals surface area contributed by atoms with Crippen LogP contribution in [0.2, 0.25) is 5.02 Å². The fraction of sp³-hybridized carbons (Fsp3) is 0.250. The van der Waals surface area contributed by atoms with Gasteiger partial charge in [-0.1, -0.05) is 11.6 Å². The summed E-state index contributed by atoms with van der Waals surface area (Å²) in [6.45, 7) is 0.376. The van der Waals surface area contributed by atoms with Crippen LogP contribution in [-0.2, 0) is 11.3 Å². The minimum absolute atomic E-state index is 0.376. The number of aromatic nitrogens is 3. The summed E-state index contributed by atoms with van der Waals surface area (Å²) in [6.07, 6.45) is 1.71. The number of fused-ring (bicyclic) bond motifs is 1. The van der Waals surface area contributed by atoms with Crippen molar-refractivity contribution in [3.05, 3.63) is 23.1 Å². The number of rotatable bonds is 2. The maximum atomic E-state index is 5.86. The number of methoxy groups -OCH3 is 1. The van der Waals surface area contributed by atoms with E-state index in [0.29, 0.717) is 28.8 Å². The van der Waals surface area contributed by atoms with Gasteiger partial charge in [-0.15, -0.1) is 10.2 Å². The van der Waals surface area contributed by atoms with Crippen LogP contribution in [0.1, 0.15) is 5.82 Å². The van der Waals surface area contributed by atoms with Gasteiger partial charge in [0.2, 0.25) is 0 Å². The third kappa shape index (κ3) is 1.40. The van der Waals surface area contributed by atoms with Gasteiger partial charge >= 0.3 is 0 Å². The van der Waals surface area contributed by atoms with Crippen LogP contribution in [0.4, 0.5) is 5.69 Å². The average molecular weight is 213 g/mol. The van der Waals surface area contributed by atoms with E-state index in [4.69, 9.17) is 22.1 Å². The van der Waals surface area contributed by atoms with E-state index in [-0.39, 0.29) is 0 Å². The SMILES string of the molecule is COCc1nnc2c(N)cc(Cl)cn12. The average Bonchev–Trinajstić information content (AvgIpc) is 2.49. The van der Waals surface area contributed by atoms with Crippen molar-refractivity contribution in [3.63, 3.8) is 0 Å². The molecule has 2 rings (SSSR count). The van der Waals surface area contributed by atoms with E-state index in [2.05, 4.69) is 10.2 Å². The van der Waals surface area contributed by atoms with E-state index < -0.39 is 0 Å². The molecule has 0 fully saturated rings. The number of ether oxygens (including phenoxy) is 1. The minimum Gasteiger partial charge on any atom is -0.396 e. The molecule has 2 aromatic heterocycles. The Morgan fingerprint density at radius 3 is 3.07 bits per heavy atom. The van der Waals surface area contributed by atoms with E-state index >= 15 is 0 Å². The van der Waals surface area contributed by atoms with E-state index in [0.717, 1.165) is 0 Å². The Kier molecular flexibility index (Phi) is 2.26. The van der Waals surface area contributed by atoms with Gasteiger partial charge in [-0.2, -0.15) is 0 Å². The van der Waals surface area contributed by atoms with E-state index in [1.54, 1.807) is 23.8 Å². The van der Waals surface area contributed by atoms with Gasteiger partial charge in [-0.3, -0.25) is 4.40 Å². The molecule has 0 spiro atoms. The largest absolute Gasteiger partial charge is 0.396 e. The second kappa shape index (κ2) is 3.43. The van der Waals surface area contributed by atoms with Crippen LogP contribution in [0.25, 0.3) is 5.65 Å². The molecule has 0 amide bonds. The lowest BCUT2D eigenvalue weighted by Crippen LogP contribution is -1.98. The van der Waals surface area contributed by atoms with Crippen molar-refractivity contribution in [1.29, 1.82) is 0 Å². The number of halogens is 1. The van der Waals surface area contributed by atoms with E-state index in [9.17, 15) is 0 Å². The molecule has 0 saturated carbocycles. The molecular formula is C8H9ClN4O. The Bertz CT molecular complexity index is 468. The van der Waals surface area contributed by atoms with Gasteiger partial charge in [-0.25, -0.2) is 0 Å². The molecule has 0 bridgehead atoms. The Morgan fingerprint density at radius 1 is 1.57 bits per heavy atom. The van der Waals surface area contributed by atoms with Crippen LogP contribution in [0.15, 0.2) is 12.3 Å². The summed E-state index contributed by atoms with van der Waals surface area (Å²) >= 11 is 5.86. The number of nitrogen functional groups attached to an aromatic ring is 1. The molecule has 2 heterocycles. The minimum atomic E-state index is 0.376. The van der Waals surface area contributed by atoms with Gasteiger partial charge in [0.05, 0.1) is 10.7 Å². The molecule has 0 atom stereocenters. The first-order chi connectivity index (χ1) is 6.72. The van der Waals surface area contributed by atoms with Crippen molar-refractivity contribution in [3.8, 4) is 0 Å². The van der Waals surface area contributed by atoms with Gasteiger partial charge in [-0.05, 0) is 6.07 Å². The predicted octanol–water partition coefficient (Wildman–Crippen LogP) is 1.11. The first-order valence-corrected chi connectivity index (χ1v) is 4.37. The highest BCUT2D eigenvalue weighted by atomic mass is 35.5. The Balaban J connectivity index is 2.66. The number of hydrogen-bond donors (Lipinski definition) is 1. The van der Waals surface area contributed by atoms with Gasteiger partial charge in [0, 0.05) is 13.3 Å². The number of pyridine rings is 1. The first-order valence-electron chi connectivity index (χ1n) is 4.00. The summed E-state index contributed by atoms with van der Waals surface area (Å²) in [7, 11) is 1.59. The number of nitrogens with two attached hydrogens (primary N) is 1. The second-order valence-corrected chi connectivity index (χ2v) is 3.29. The van der Waals surface area contributed by atoms with Crippen molar-refractivity contribution in [2.75, 3.05) is 12.8 Å². The topological polar surface area (TPSA) is 65.4 Å². The highest BCUT2D eigenvalue weighted by molar-refractivity contribution is 6.30. The molecule has 0 aromatic carbocycles. The Hall–Kier alpha value is -1.33. The molecule has 0 unspecified atom stereocenters. The lowest BCUT2D eigenvalue weighted by molar-refractivity contribution is 0.177. The first kappa shape index (κ1) is 9.23. The fourth-order valence-corrected chi connectivity index (χ4v) is 1.47. The summed E-state index contributed by atoms with van der Waals surface area (Å²) in [5.41, 5.74) is 6.82. The predicted molar refractivity (Wildman–Crippen MR) is 53.1 cm³/mol. The standard InChI is InChI=1S/C8H9ClN4O/c1-14-4-7-11-12-8-6(10)2-5(9)3-13(7)8/h2-3H,4,10H2,1H3. The monoisotopic (exact) mass is 212 g/mol. The van der Waals surface area contributed by atoms with Crippen LogP contribution in [-0.4, -0.2) is 21.7 Å². The number of nitrogens with zero attached hydrogens (tertiary/aromatic N) is 3. The van der Waals surface area contributed by atoms with Crippen LogP contribution in [0.5, 0.6) is 0 Å². The van der Waals surface area contributed by atoms with Gasteiger partial charge in [0.1, 0.15) is 6.61 Å². The van der Waals surface area contributed by atoms with Gasteiger partial charge in [0.25, 0.3) is 0 Å². The van der Waals surface area contributed by atoms with Crippen LogP contribution in [0.3, 0.4) is 0 Å². The molecule has 5 nitrogen and oxygen atoms in total. The molecule has 0 radical (unpaired) electrons. The molecular weight excluding hydrogens is 204 g/mol. The molecule has 0 saturated heterocycles. The Labute approximate surface area is 85.4 Å². The molecule has 2 N–H and O–H groups in total. The second-order valence-electron chi connectivity index (χ2n) is 2.86. The van der Waals surface area contributed by atoms with Crippen LogP contribution < -0.4 is 5.73 Å². The molecule has 14 heavy (non-hydrogen) atoms. The third-order valence-electron chi connectivity index (χ3n) is 1.84. The van der Waals surface area contributed by atoms with Crippen LogP contribution in [0, 0.1) is 0 Å². The molecule has 0 aliphatic rings. The van der Waals surface area contributed by atoms with Crippen molar-refractivity contribution in [1.82, 2.24) is 14.6 Å². The van der Waals surface area contributed by atoms with Crippen molar-refractivity contribution < 1.29 is 4.74 Å². The zero-order valence-electron chi connectivity index (χ0n) is 7.57. The molecule has 0 aliphatic carbocycles. The van der Waals surface area contributed by atoms with Crippen molar-refractivity contribution in [2.45, 2.75) is 6.61 Å². The van der Waals surface area contributed by atoms with E-state index in [1.165, 1.54) is 0 Å². The lowest BCUT2D eigenvalue weighted by Gasteiger charge is -2.00. The maximum absolute atomic E-state index is 5.86. The summed E-state index contributed by atoms with van der Waals surface area (Å²) < 4.78 is 6.69. The van der Waals surface area contributed by atoms with Gasteiger partial charge < -0.3 is 10.5 Å². The summed E-state index contributed by atoms with van der Waals surface area (Å²) in [5.74, 6) is 0.678. The quantitative estimate of drug-likeness (QED) is 0.810. The zero-order valence-corrected chi connectivity index (χ0v) is 8.32. The zero-order chi connectivity index (χ0) is 10.1. The maximum Gasteiger partial charge on any atom is 0.184 e. The molecule has 2 aromatic rings. The highest BCUT2D eigenvalue weighted by Crippen LogP contribution is 2.18. The normalized spacial score (nSPS) is 11.0. The van der Waals surface area contributed by atoms with Crippen molar-refractivity contribution >= 4 is 22.9 Å². The number of hydrogen-bond acceptors (Lipinski definition) is 4. The summed E-state index contributed by atoms with van der Waals surface area (Å²) in [5, 5.41) is 8.41. The summed E-state index contributed by atoms with van der Waals surface area (Å²) in [4.78, 5) is 0.